The third kappa shape index (κ3) is 4.53. The van der Waals surface area contributed by atoms with Crippen LogP contribution in [0.1, 0.15) is 48.0 Å². The molecule has 2 saturated heterocycles. The predicted molar refractivity (Wildman–Crippen MR) is 110 cm³/mol. The lowest BCUT2D eigenvalue weighted by atomic mass is 9.98. The second kappa shape index (κ2) is 8.68. The molecule has 178 valence electrons. The van der Waals surface area contributed by atoms with Gasteiger partial charge >= 0.3 is 12.2 Å². The maximum atomic E-state index is 12.9. The molecule has 3 aliphatic rings. The van der Waals surface area contributed by atoms with E-state index in [1.54, 1.807) is 4.90 Å². The molecule has 1 N–H and O–H groups in total. The highest BCUT2D eigenvalue weighted by atomic mass is 19.4. The second-order valence-corrected chi connectivity index (χ2v) is 8.68. The molecule has 1 aliphatic carbocycles. The highest BCUT2D eigenvalue weighted by Gasteiger charge is 2.52. The molecule has 0 atom stereocenters. The fraction of sp³-hybridized carbons (Fsp3) is 0.545. The smallest absolute Gasteiger partial charge is 0.339 e. The maximum Gasteiger partial charge on any atom is 0.416 e. The summed E-state index contributed by atoms with van der Waals surface area (Å²) in [6, 6.07) is 3.81. The molecule has 0 unspecified atom stereocenters. The summed E-state index contributed by atoms with van der Waals surface area (Å²) in [5.41, 5.74) is -1.75. The van der Waals surface area contributed by atoms with E-state index in [0.29, 0.717) is 12.8 Å². The number of imide groups is 1. The Morgan fingerprint density at radius 2 is 1.64 bits per heavy atom. The van der Waals surface area contributed by atoms with Gasteiger partial charge in [0.2, 0.25) is 5.91 Å². The number of benzene rings is 1. The van der Waals surface area contributed by atoms with Gasteiger partial charge in [0.15, 0.2) is 0 Å². The molecule has 1 saturated carbocycles. The molecule has 1 aromatic carbocycles. The van der Waals surface area contributed by atoms with E-state index in [2.05, 4.69) is 5.32 Å². The van der Waals surface area contributed by atoms with Gasteiger partial charge in [-0.3, -0.25) is 19.3 Å². The fourth-order valence-electron chi connectivity index (χ4n) is 4.73. The van der Waals surface area contributed by atoms with Crippen LogP contribution in [0.4, 0.5) is 18.0 Å². The lowest BCUT2D eigenvalue weighted by molar-refractivity contribution is -0.138. The van der Waals surface area contributed by atoms with Crippen molar-refractivity contribution in [3.8, 4) is 0 Å². The number of urea groups is 1. The van der Waals surface area contributed by atoms with Gasteiger partial charge in [0.25, 0.3) is 11.8 Å². The molecule has 5 amide bonds. The average Bonchev–Trinajstić information content (AvgIpc) is 3.36. The van der Waals surface area contributed by atoms with Gasteiger partial charge in [-0.1, -0.05) is 18.9 Å². The number of alkyl halides is 3. The van der Waals surface area contributed by atoms with Crippen LogP contribution >= 0.6 is 0 Å². The molecule has 2 heterocycles. The Morgan fingerprint density at radius 3 is 2.27 bits per heavy atom. The van der Waals surface area contributed by atoms with E-state index in [0.717, 1.165) is 29.9 Å². The number of hydrogen-bond acceptors (Lipinski definition) is 4. The Hall–Kier alpha value is -3.11. The van der Waals surface area contributed by atoms with Gasteiger partial charge < -0.3 is 15.1 Å². The summed E-state index contributed by atoms with van der Waals surface area (Å²) in [6.07, 6.45) is -1.57. The Balaban J connectivity index is 1.28. The van der Waals surface area contributed by atoms with Crippen LogP contribution in [0.15, 0.2) is 24.3 Å². The number of nitrogens with one attached hydrogen (secondary N) is 1. The fourth-order valence-corrected chi connectivity index (χ4v) is 4.73. The molecule has 0 radical (unpaired) electrons. The van der Waals surface area contributed by atoms with Gasteiger partial charge in [0.1, 0.15) is 5.54 Å². The molecule has 0 aromatic heterocycles. The zero-order valence-corrected chi connectivity index (χ0v) is 18.0. The molecular formula is C22H25F3N4O4. The molecule has 1 spiro atoms. The van der Waals surface area contributed by atoms with Crippen molar-refractivity contribution in [3.05, 3.63) is 35.4 Å². The number of nitrogens with zero attached hydrogens (tertiary/aromatic N) is 3. The molecule has 8 nitrogen and oxygen atoms in total. The van der Waals surface area contributed by atoms with Crippen molar-refractivity contribution in [1.29, 1.82) is 0 Å². The summed E-state index contributed by atoms with van der Waals surface area (Å²) in [5.74, 6) is -1.03. The Bertz CT molecular complexity index is 967. The lowest BCUT2D eigenvalue weighted by Crippen LogP contribution is -2.51. The third-order valence-electron chi connectivity index (χ3n) is 6.61. The number of rotatable bonds is 4. The quantitative estimate of drug-likeness (QED) is 0.690. The van der Waals surface area contributed by atoms with Gasteiger partial charge in [0.05, 0.1) is 5.56 Å². The van der Waals surface area contributed by atoms with E-state index in [9.17, 15) is 32.3 Å². The highest BCUT2D eigenvalue weighted by Crippen LogP contribution is 2.35. The number of piperazine rings is 1. The first kappa shape index (κ1) is 23.1. The normalized spacial score (nSPS) is 20.5. The minimum atomic E-state index is -4.54. The SMILES string of the molecule is O=C(CCN1C(=O)NC2(CCCC2)C1=O)N1CCN(C(=O)c2cccc(C(F)(F)F)c2)CC1. The zero-order valence-electron chi connectivity index (χ0n) is 18.0. The minimum absolute atomic E-state index is 0.00533. The largest absolute Gasteiger partial charge is 0.416 e. The summed E-state index contributed by atoms with van der Waals surface area (Å²) < 4.78 is 38.7. The standard InChI is InChI=1S/C22H25F3N4O4/c23-22(24,25)16-5-3-4-15(14-16)18(31)28-12-10-27(11-13-28)17(30)6-9-29-19(32)21(26-20(29)33)7-1-2-8-21/h3-5,14H,1-2,6-13H2,(H,26,33). The van der Waals surface area contributed by atoms with Crippen molar-refractivity contribution in [2.24, 2.45) is 0 Å². The zero-order chi connectivity index (χ0) is 23.8. The molecule has 11 heteroatoms. The number of amides is 5. The predicted octanol–water partition coefficient (Wildman–Crippen LogP) is 2.24. The van der Waals surface area contributed by atoms with Crippen LogP contribution in [0.25, 0.3) is 0 Å². The van der Waals surface area contributed by atoms with Crippen LogP contribution in [0.3, 0.4) is 0 Å². The van der Waals surface area contributed by atoms with Crippen LogP contribution < -0.4 is 5.32 Å². The van der Waals surface area contributed by atoms with Gasteiger partial charge in [-0.2, -0.15) is 13.2 Å². The van der Waals surface area contributed by atoms with E-state index >= 15 is 0 Å². The van der Waals surface area contributed by atoms with Crippen LogP contribution in [0.2, 0.25) is 0 Å². The lowest BCUT2D eigenvalue weighted by Gasteiger charge is -2.35. The van der Waals surface area contributed by atoms with E-state index in [-0.39, 0.29) is 56.5 Å². The molecular weight excluding hydrogens is 441 g/mol. The molecule has 0 bridgehead atoms. The van der Waals surface area contributed by atoms with Crippen molar-refractivity contribution in [1.82, 2.24) is 20.0 Å². The Morgan fingerprint density at radius 1 is 1.00 bits per heavy atom. The van der Waals surface area contributed by atoms with Crippen molar-refractivity contribution < 1.29 is 32.3 Å². The van der Waals surface area contributed by atoms with E-state index in [1.165, 1.54) is 17.0 Å². The van der Waals surface area contributed by atoms with Crippen LogP contribution in [0.5, 0.6) is 0 Å². The van der Waals surface area contributed by atoms with Gasteiger partial charge in [-0.25, -0.2) is 4.79 Å². The maximum absolute atomic E-state index is 12.9. The first-order chi connectivity index (χ1) is 15.6. The second-order valence-electron chi connectivity index (χ2n) is 8.68. The monoisotopic (exact) mass is 466 g/mol. The molecule has 33 heavy (non-hydrogen) atoms. The van der Waals surface area contributed by atoms with Gasteiger partial charge in [0, 0.05) is 44.7 Å². The number of carbonyl (C=O) groups is 4. The average molecular weight is 466 g/mol. The first-order valence-electron chi connectivity index (χ1n) is 11.0. The molecule has 1 aromatic rings. The highest BCUT2D eigenvalue weighted by molar-refractivity contribution is 6.07. The topological polar surface area (TPSA) is 90.0 Å². The first-order valence-corrected chi connectivity index (χ1v) is 11.0. The van der Waals surface area contributed by atoms with Crippen LogP contribution in [-0.4, -0.2) is 76.7 Å². The van der Waals surface area contributed by atoms with E-state index in [1.807, 2.05) is 0 Å². The summed E-state index contributed by atoms with van der Waals surface area (Å²) >= 11 is 0. The van der Waals surface area contributed by atoms with Crippen molar-refractivity contribution in [2.45, 2.75) is 43.8 Å². The van der Waals surface area contributed by atoms with Crippen LogP contribution in [0, 0.1) is 0 Å². The summed E-state index contributed by atoms with van der Waals surface area (Å²) in [6.45, 7) is 0.829. The van der Waals surface area contributed by atoms with E-state index in [4.69, 9.17) is 0 Å². The number of carbonyl (C=O) groups excluding carboxylic acids is 4. The summed E-state index contributed by atoms with van der Waals surface area (Å²) in [4.78, 5) is 54.2. The Labute approximate surface area is 188 Å². The van der Waals surface area contributed by atoms with Gasteiger partial charge in [-0.05, 0) is 31.0 Å². The minimum Gasteiger partial charge on any atom is -0.339 e. The van der Waals surface area contributed by atoms with Crippen LogP contribution in [-0.2, 0) is 15.8 Å². The van der Waals surface area contributed by atoms with Gasteiger partial charge in [-0.15, -0.1) is 0 Å². The van der Waals surface area contributed by atoms with Crippen molar-refractivity contribution in [2.75, 3.05) is 32.7 Å². The van der Waals surface area contributed by atoms with Crippen molar-refractivity contribution >= 4 is 23.8 Å². The third-order valence-corrected chi connectivity index (χ3v) is 6.61. The van der Waals surface area contributed by atoms with Crippen molar-refractivity contribution in [3.63, 3.8) is 0 Å². The number of hydrogen-bond donors (Lipinski definition) is 1. The summed E-state index contributed by atoms with van der Waals surface area (Å²) in [7, 11) is 0. The molecule has 3 fully saturated rings. The Kier molecular flexibility index (Phi) is 6.06. The van der Waals surface area contributed by atoms with E-state index < -0.39 is 29.2 Å². The molecule has 2 aliphatic heterocycles. The number of halogens is 3. The summed E-state index contributed by atoms with van der Waals surface area (Å²) in [5, 5.41) is 2.78. The molecule has 4 rings (SSSR count).